The van der Waals surface area contributed by atoms with Crippen LogP contribution in [0.1, 0.15) is 59.6 Å². The zero-order chi connectivity index (χ0) is 23.8. The average molecular weight is 467 g/mol. The zero-order valence-electron chi connectivity index (χ0n) is 21.3. The molecule has 0 aromatic heterocycles. The number of cyclic esters (lactones) is 1. The Morgan fingerprint density at radius 3 is 2.00 bits per heavy atom. The van der Waals surface area contributed by atoms with Gasteiger partial charge in [0.15, 0.2) is 14.1 Å². The molecule has 1 saturated heterocycles. The molecule has 0 saturated carbocycles. The van der Waals surface area contributed by atoms with Crippen LogP contribution in [-0.4, -0.2) is 36.3 Å². The number of hydrogen-bond acceptors (Lipinski definition) is 5. The van der Waals surface area contributed by atoms with E-state index >= 15 is 0 Å². The summed E-state index contributed by atoms with van der Waals surface area (Å²) in [6.07, 6.45) is 0.160. The van der Waals surface area contributed by atoms with Crippen molar-refractivity contribution in [3.8, 4) is 11.5 Å². The van der Waals surface area contributed by atoms with E-state index in [4.69, 9.17) is 18.3 Å². The van der Waals surface area contributed by atoms with Gasteiger partial charge in [0.05, 0.1) is 26.2 Å². The lowest BCUT2D eigenvalue weighted by Crippen LogP contribution is -2.44. The van der Waals surface area contributed by atoms with Crippen LogP contribution >= 0.6 is 0 Å². The Morgan fingerprint density at radius 1 is 0.968 bits per heavy atom. The monoisotopic (exact) mass is 466 g/mol. The van der Waals surface area contributed by atoms with Crippen LogP contribution in [0.15, 0.2) is 18.2 Å². The summed E-state index contributed by atoms with van der Waals surface area (Å²) in [6, 6.07) is 6.07. The van der Waals surface area contributed by atoms with E-state index in [-0.39, 0.29) is 28.1 Å². The minimum atomic E-state index is -2.08. The van der Waals surface area contributed by atoms with E-state index < -0.39 is 16.6 Å². The lowest BCUT2D eigenvalue weighted by atomic mass is 9.95. The second-order valence-electron chi connectivity index (χ2n) is 11.7. The third-order valence-electron chi connectivity index (χ3n) is 7.23. The summed E-state index contributed by atoms with van der Waals surface area (Å²) in [7, 11) is -2.41. The molecule has 1 heterocycles. The quantitative estimate of drug-likeness (QED) is 0.330. The molecule has 0 bridgehead atoms. The van der Waals surface area contributed by atoms with Gasteiger partial charge in [-0.25, -0.2) is 0 Å². The summed E-state index contributed by atoms with van der Waals surface area (Å²) in [6.45, 7) is 22.7. The molecule has 2 rings (SSSR count). The van der Waals surface area contributed by atoms with Crippen LogP contribution in [0, 0.1) is 5.92 Å². The number of rotatable bonds is 7. The van der Waals surface area contributed by atoms with Crippen molar-refractivity contribution in [2.45, 2.75) is 90.3 Å². The number of esters is 1. The van der Waals surface area contributed by atoms with E-state index in [1.54, 1.807) is 7.11 Å². The van der Waals surface area contributed by atoms with Gasteiger partial charge in [-0.1, -0.05) is 47.6 Å². The first-order chi connectivity index (χ1) is 14.0. The maximum absolute atomic E-state index is 11.9. The Balaban J connectivity index is 2.43. The zero-order valence-corrected chi connectivity index (χ0v) is 23.3. The molecule has 1 aliphatic heterocycles. The standard InChI is InChI=1S/C24H42O5Si2/c1-23(2,3)30(8,9)28-19-13-12-17(14-20(19)26-7)22(18-15-21(25)27-16-18)29-31(10,11)24(4,5)6/h12-14,18,22H,15-16H2,1-11H3/t18-,22-/m1/s1. The Hall–Kier alpha value is -1.32. The molecule has 7 heteroatoms. The number of carbonyl (C=O) groups excluding carboxylic acids is 1. The Kier molecular flexibility index (Phi) is 7.45. The first-order valence-electron chi connectivity index (χ1n) is 11.2. The van der Waals surface area contributed by atoms with Gasteiger partial charge in [-0.2, -0.15) is 0 Å². The maximum atomic E-state index is 11.9. The van der Waals surface area contributed by atoms with Crippen LogP contribution in [0.5, 0.6) is 11.5 Å². The summed E-state index contributed by atoms with van der Waals surface area (Å²) in [5.41, 5.74) is 1.01. The second-order valence-corrected chi connectivity index (χ2v) is 21.2. The lowest BCUT2D eigenvalue weighted by Gasteiger charge is -2.41. The smallest absolute Gasteiger partial charge is 0.306 e. The number of benzene rings is 1. The van der Waals surface area contributed by atoms with Crippen molar-refractivity contribution in [3.05, 3.63) is 23.8 Å². The largest absolute Gasteiger partial charge is 0.541 e. The SMILES string of the molecule is COc1cc([C@@H](O[Si](C)(C)C(C)(C)C)[C@H]2COC(=O)C2)ccc1O[Si](C)(C)C(C)(C)C. The van der Waals surface area contributed by atoms with Gasteiger partial charge in [-0.15, -0.1) is 0 Å². The molecule has 31 heavy (non-hydrogen) atoms. The van der Waals surface area contributed by atoms with Crippen LogP contribution in [-0.2, 0) is 14.0 Å². The van der Waals surface area contributed by atoms with Crippen LogP contribution < -0.4 is 9.16 Å². The molecule has 1 aromatic rings. The summed E-state index contributed by atoms with van der Waals surface area (Å²) in [5.74, 6) is 1.32. The highest BCUT2D eigenvalue weighted by Crippen LogP contribution is 2.45. The summed E-state index contributed by atoms with van der Waals surface area (Å²) >= 11 is 0. The first kappa shape index (κ1) is 25.9. The summed E-state index contributed by atoms with van der Waals surface area (Å²) in [5, 5.41) is 0.149. The first-order valence-corrected chi connectivity index (χ1v) is 17.0. The molecule has 0 aliphatic carbocycles. The van der Waals surface area contributed by atoms with Crippen LogP contribution in [0.3, 0.4) is 0 Å². The van der Waals surface area contributed by atoms with E-state index in [2.05, 4.69) is 73.8 Å². The predicted octanol–water partition coefficient (Wildman–Crippen LogP) is 6.71. The van der Waals surface area contributed by atoms with Gasteiger partial charge in [-0.3, -0.25) is 4.79 Å². The van der Waals surface area contributed by atoms with Crippen LogP contribution in [0.4, 0.5) is 0 Å². The van der Waals surface area contributed by atoms with Gasteiger partial charge >= 0.3 is 5.97 Å². The summed E-state index contributed by atoms with van der Waals surface area (Å²) in [4.78, 5) is 11.9. The third kappa shape index (κ3) is 5.93. The average Bonchev–Trinajstić information content (AvgIpc) is 3.04. The number of ether oxygens (including phenoxy) is 2. The minimum Gasteiger partial charge on any atom is -0.541 e. The van der Waals surface area contributed by atoms with Crippen molar-refractivity contribution in [1.82, 2.24) is 0 Å². The number of carbonyl (C=O) groups is 1. The molecule has 0 unspecified atom stereocenters. The fourth-order valence-corrected chi connectivity index (χ4v) is 5.37. The Bertz CT molecular complexity index is 790. The summed E-state index contributed by atoms with van der Waals surface area (Å²) < 4.78 is 24.4. The fourth-order valence-electron chi connectivity index (χ4n) is 3.03. The highest BCUT2D eigenvalue weighted by molar-refractivity contribution is 6.75. The van der Waals surface area contributed by atoms with E-state index in [0.717, 1.165) is 11.3 Å². The Labute approximate surface area is 191 Å². The topological polar surface area (TPSA) is 54.0 Å². The number of hydrogen-bond donors (Lipinski definition) is 0. The minimum absolute atomic E-state index is 0.00140. The molecule has 0 spiro atoms. The molecule has 1 fully saturated rings. The highest BCUT2D eigenvalue weighted by Gasteiger charge is 2.44. The van der Waals surface area contributed by atoms with Gasteiger partial charge < -0.3 is 18.3 Å². The van der Waals surface area contributed by atoms with E-state index in [1.165, 1.54) is 0 Å². The van der Waals surface area contributed by atoms with Crippen molar-refractivity contribution in [3.63, 3.8) is 0 Å². The predicted molar refractivity (Wildman–Crippen MR) is 131 cm³/mol. The lowest BCUT2D eigenvalue weighted by molar-refractivity contribution is -0.137. The maximum Gasteiger partial charge on any atom is 0.306 e. The molecule has 0 N–H and O–H groups in total. The van der Waals surface area contributed by atoms with Crippen molar-refractivity contribution in [2.75, 3.05) is 13.7 Å². The molecular formula is C24H42O5Si2. The van der Waals surface area contributed by atoms with Crippen LogP contribution in [0.25, 0.3) is 0 Å². The molecule has 1 aromatic carbocycles. The van der Waals surface area contributed by atoms with Gasteiger partial charge in [0.25, 0.3) is 8.32 Å². The van der Waals surface area contributed by atoms with Crippen molar-refractivity contribution in [2.24, 2.45) is 5.92 Å². The van der Waals surface area contributed by atoms with E-state index in [1.807, 2.05) is 12.1 Å². The molecule has 0 radical (unpaired) electrons. The van der Waals surface area contributed by atoms with E-state index in [0.29, 0.717) is 18.8 Å². The molecular weight excluding hydrogens is 424 g/mol. The van der Waals surface area contributed by atoms with E-state index in [9.17, 15) is 4.79 Å². The molecule has 5 nitrogen and oxygen atoms in total. The fraction of sp³-hybridized carbons (Fsp3) is 0.708. The Morgan fingerprint density at radius 2 is 1.55 bits per heavy atom. The third-order valence-corrected chi connectivity index (χ3v) is 16.0. The normalized spacial score (nSPS) is 19.2. The van der Waals surface area contributed by atoms with Crippen molar-refractivity contribution in [1.29, 1.82) is 0 Å². The van der Waals surface area contributed by atoms with Gasteiger partial charge in [0.1, 0.15) is 5.75 Å². The van der Waals surface area contributed by atoms with Crippen molar-refractivity contribution < 1.29 is 23.1 Å². The van der Waals surface area contributed by atoms with Gasteiger partial charge in [-0.05, 0) is 54.0 Å². The van der Waals surface area contributed by atoms with Crippen LogP contribution in [0.2, 0.25) is 36.3 Å². The molecule has 0 amide bonds. The molecule has 1 aliphatic rings. The number of methoxy groups -OCH3 is 1. The second kappa shape index (κ2) is 8.91. The van der Waals surface area contributed by atoms with Gasteiger partial charge in [0.2, 0.25) is 0 Å². The molecule has 176 valence electrons. The van der Waals surface area contributed by atoms with Gasteiger partial charge in [0, 0.05) is 5.92 Å². The highest BCUT2D eigenvalue weighted by atomic mass is 28.4. The van der Waals surface area contributed by atoms with Crippen molar-refractivity contribution >= 4 is 22.6 Å². The molecule has 2 atom stereocenters.